The van der Waals surface area contributed by atoms with Crippen LogP contribution in [0, 0.1) is 17.1 Å². The molecule has 6 heteroatoms. The number of methoxy groups -OCH3 is 2. The van der Waals surface area contributed by atoms with E-state index in [9.17, 15) is 19.2 Å². The van der Waals surface area contributed by atoms with Gasteiger partial charge in [0.1, 0.15) is 5.82 Å². The number of hydrogen-bond donors (Lipinski definition) is 0. The maximum atomic E-state index is 13.1. The lowest BCUT2D eigenvalue weighted by atomic mass is 9.74. The van der Waals surface area contributed by atoms with E-state index in [1.807, 2.05) is 0 Å². The summed E-state index contributed by atoms with van der Waals surface area (Å²) in [6, 6.07) is 7.65. The van der Waals surface area contributed by atoms with Crippen LogP contribution < -0.4 is 0 Å². The van der Waals surface area contributed by atoms with Gasteiger partial charge in [-0.15, -0.1) is 0 Å². The van der Waals surface area contributed by atoms with Gasteiger partial charge < -0.3 is 9.47 Å². The molecule has 0 fully saturated rings. The summed E-state index contributed by atoms with van der Waals surface area (Å²) in [7, 11) is 2.53. The lowest BCUT2D eigenvalue weighted by Crippen LogP contribution is -2.27. The van der Waals surface area contributed by atoms with Gasteiger partial charge in [0, 0.05) is 12.8 Å². The molecule has 22 heavy (non-hydrogen) atoms. The zero-order valence-electron chi connectivity index (χ0n) is 12.6. The van der Waals surface area contributed by atoms with E-state index in [2.05, 4.69) is 15.5 Å². The third-order valence-corrected chi connectivity index (χ3v) is 3.58. The van der Waals surface area contributed by atoms with Crippen molar-refractivity contribution in [1.82, 2.24) is 0 Å². The van der Waals surface area contributed by atoms with Crippen LogP contribution in [0.15, 0.2) is 24.3 Å². The lowest BCUT2D eigenvalue weighted by molar-refractivity contribution is -0.141. The molecule has 0 spiro atoms. The third kappa shape index (κ3) is 4.55. The largest absolute Gasteiger partial charge is 0.469 e. The number of nitrogens with zero attached hydrogens (tertiary/aromatic N) is 1. The van der Waals surface area contributed by atoms with E-state index < -0.39 is 23.2 Å². The van der Waals surface area contributed by atoms with Crippen molar-refractivity contribution >= 4 is 11.9 Å². The second-order valence-corrected chi connectivity index (χ2v) is 4.85. The average Bonchev–Trinajstić information content (AvgIpc) is 2.55. The highest BCUT2D eigenvalue weighted by molar-refractivity contribution is 5.70. The molecular formula is C16H18FNO4. The van der Waals surface area contributed by atoms with Crippen molar-refractivity contribution in [2.75, 3.05) is 14.2 Å². The van der Waals surface area contributed by atoms with E-state index in [0.717, 1.165) is 0 Å². The minimum atomic E-state index is -1.07. The van der Waals surface area contributed by atoms with E-state index >= 15 is 0 Å². The Hall–Kier alpha value is -2.42. The number of halogens is 1. The molecule has 0 amide bonds. The number of nitriles is 1. The molecule has 0 bridgehead atoms. The predicted octanol–water partition coefficient (Wildman–Crippen LogP) is 2.49. The smallest absolute Gasteiger partial charge is 0.305 e. The fourth-order valence-electron chi connectivity index (χ4n) is 2.19. The Labute approximate surface area is 128 Å². The van der Waals surface area contributed by atoms with Crippen molar-refractivity contribution < 1.29 is 23.5 Å². The molecule has 0 radical (unpaired) electrons. The Kier molecular flexibility index (Phi) is 6.51. The maximum Gasteiger partial charge on any atom is 0.305 e. The molecule has 0 unspecified atom stereocenters. The summed E-state index contributed by atoms with van der Waals surface area (Å²) in [4.78, 5) is 22.7. The van der Waals surface area contributed by atoms with Crippen LogP contribution in [0.25, 0.3) is 0 Å². The van der Waals surface area contributed by atoms with E-state index in [-0.39, 0.29) is 25.7 Å². The van der Waals surface area contributed by atoms with Crippen LogP contribution in [0.1, 0.15) is 31.2 Å². The first-order valence-corrected chi connectivity index (χ1v) is 6.78. The van der Waals surface area contributed by atoms with E-state index in [1.165, 1.54) is 38.5 Å². The van der Waals surface area contributed by atoms with Gasteiger partial charge in [-0.05, 0) is 30.5 Å². The molecule has 0 saturated carbocycles. The summed E-state index contributed by atoms with van der Waals surface area (Å²) in [6.07, 6.45) is 0.419. The van der Waals surface area contributed by atoms with E-state index in [1.54, 1.807) is 0 Å². The Morgan fingerprint density at radius 1 is 1.09 bits per heavy atom. The number of benzene rings is 1. The summed E-state index contributed by atoms with van der Waals surface area (Å²) in [5.74, 6) is -1.31. The van der Waals surface area contributed by atoms with Gasteiger partial charge in [0.15, 0.2) is 0 Å². The number of esters is 2. The highest BCUT2D eigenvalue weighted by atomic mass is 19.1. The van der Waals surface area contributed by atoms with Gasteiger partial charge in [-0.1, -0.05) is 12.1 Å². The van der Waals surface area contributed by atoms with Crippen molar-refractivity contribution in [1.29, 1.82) is 5.26 Å². The second-order valence-electron chi connectivity index (χ2n) is 4.85. The monoisotopic (exact) mass is 307 g/mol. The molecule has 0 saturated heterocycles. The number of rotatable bonds is 7. The highest BCUT2D eigenvalue weighted by Gasteiger charge is 2.33. The van der Waals surface area contributed by atoms with E-state index in [4.69, 9.17) is 0 Å². The molecule has 1 aromatic carbocycles. The number of ether oxygens (including phenoxy) is 2. The Balaban J connectivity index is 3.05. The van der Waals surface area contributed by atoms with Gasteiger partial charge in [0.2, 0.25) is 0 Å². The van der Waals surface area contributed by atoms with E-state index in [0.29, 0.717) is 5.56 Å². The van der Waals surface area contributed by atoms with Crippen molar-refractivity contribution in [2.24, 2.45) is 0 Å². The van der Waals surface area contributed by atoms with Crippen LogP contribution in [0.5, 0.6) is 0 Å². The zero-order valence-corrected chi connectivity index (χ0v) is 12.6. The van der Waals surface area contributed by atoms with Gasteiger partial charge in [0.25, 0.3) is 0 Å². The molecular weight excluding hydrogens is 289 g/mol. The van der Waals surface area contributed by atoms with Crippen LogP contribution in [0.3, 0.4) is 0 Å². The highest BCUT2D eigenvalue weighted by Crippen LogP contribution is 2.34. The molecule has 0 atom stereocenters. The molecule has 0 N–H and O–H groups in total. The first-order chi connectivity index (χ1) is 10.5. The fourth-order valence-corrected chi connectivity index (χ4v) is 2.19. The summed E-state index contributed by atoms with van der Waals surface area (Å²) in [5, 5.41) is 9.62. The summed E-state index contributed by atoms with van der Waals surface area (Å²) < 4.78 is 22.3. The molecule has 1 rings (SSSR count). The molecule has 5 nitrogen and oxygen atoms in total. The first kappa shape index (κ1) is 17.6. The van der Waals surface area contributed by atoms with Crippen LogP contribution in [-0.2, 0) is 24.5 Å². The van der Waals surface area contributed by atoms with Gasteiger partial charge in [-0.3, -0.25) is 9.59 Å². The number of hydrogen-bond acceptors (Lipinski definition) is 5. The average molecular weight is 307 g/mol. The SMILES string of the molecule is COC(=O)CCC(C#N)(CCC(=O)OC)c1ccc(F)cc1. The quantitative estimate of drug-likeness (QED) is 0.723. The molecule has 1 aromatic rings. The first-order valence-electron chi connectivity index (χ1n) is 6.78. The molecule has 0 heterocycles. The number of carbonyl (C=O) groups excluding carboxylic acids is 2. The Bertz CT molecular complexity index is 543. The van der Waals surface area contributed by atoms with Crippen LogP contribution >= 0.6 is 0 Å². The minimum absolute atomic E-state index is 0.0304. The summed E-state index contributed by atoms with van der Waals surface area (Å²) in [5.41, 5.74) is -0.514. The molecule has 0 aromatic heterocycles. The lowest BCUT2D eigenvalue weighted by Gasteiger charge is -2.26. The Morgan fingerprint density at radius 3 is 1.91 bits per heavy atom. The standard InChI is InChI=1S/C16H18FNO4/c1-21-14(19)7-9-16(11-18,10-8-15(20)22-2)12-3-5-13(17)6-4-12/h3-6H,7-10H2,1-2H3. The number of carbonyl (C=O) groups is 2. The van der Waals surface area contributed by atoms with Crippen molar-refractivity contribution in [3.05, 3.63) is 35.6 Å². The van der Waals surface area contributed by atoms with Crippen molar-refractivity contribution in [2.45, 2.75) is 31.1 Å². The van der Waals surface area contributed by atoms with Crippen LogP contribution in [-0.4, -0.2) is 26.2 Å². The van der Waals surface area contributed by atoms with Crippen molar-refractivity contribution in [3.63, 3.8) is 0 Å². The molecule has 0 aliphatic carbocycles. The van der Waals surface area contributed by atoms with Gasteiger partial charge in [-0.2, -0.15) is 5.26 Å². The predicted molar refractivity (Wildman–Crippen MR) is 76.2 cm³/mol. The topological polar surface area (TPSA) is 76.4 Å². The molecule has 0 aliphatic rings. The normalized spacial score (nSPS) is 10.6. The van der Waals surface area contributed by atoms with Crippen LogP contribution in [0.4, 0.5) is 4.39 Å². The van der Waals surface area contributed by atoms with Gasteiger partial charge in [-0.25, -0.2) is 4.39 Å². The molecule has 118 valence electrons. The second kappa shape index (κ2) is 8.13. The third-order valence-electron chi connectivity index (χ3n) is 3.58. The zero-order chi connectivity index (χ0) is 16.6. The minimum Gasteiger partial charge on any atom is -0.469 e. The van der Waals surface area contributed by atoms with Gasteiger partial charge >= 0.3 is 11.9 Å². The van der Waals surface area contributed by atoms with Gasteiger partial charge in [0.05, 0.1) is 25.7 Å². The van der Waals surface area contributed by atoms with Crippen LogP contribution in [0.2, 0.25) is 0 Å². The van der Waals surface area contributed by atoms with Crippen molar-refractivity contribution in [3.8, 4) is 6.07 Å². The molecule has 0 aliphatic heterocycles. The summed E-state index contributed by atoms with van der Waals surface area (Å²) >= 11 is 0. The fraction of sp³-hybridized carbons (Fsp3) is 0.438. The maximum absolute atomic E-state index is 13.1. The summed E-state index contributed by atoms with van der Waals surface area (Å²) in [6.45, 7) is 0. The Morgan fingerprint density at radius 2 is 1.55 bits per heavy atom.